The molecule has 1 aromatic carbocycles. The highest BCUT2D eigenvalue weighted by atomic mass is 17.2. The van der Waals surface area contributed by atoms with Crippen LogP contribution in [0.5, 0.6) is 5.75 Å². The molecule has 2 rings (SSSR count). The van der Waals surface area contributed by atoms with Gasteiger partial charge in [0.1, 0.15) is 6.61 Å². The first-order valence-electron chi connectivity index (χ1n) is 5.36. The maximum absolute atomic E-state index is 11.3. The predicted molar refractivity (Wildman–Crippen MR) is 60.0 cm³/mol. The molecule has 0 spiro atoms. The Morgan fingerprint density at radius 1 is 1.50 bits per heavy atom. The second kappa shape index (κ2) is 4.94. The van der Waals surface area contributed by atoms with Crippen molar-refractivity contribution in [2.75, 3.05) is 0 Å². The van der Waals surface area contributed by atoms with E-state index in [2.05, 4.69) is 0 Å². The van der Waals surface area contributed by atoms with E-state index in [0.29, 0.717) is 13.0 Å². The average Bonchev–Trinajstić information content (AvgIpc) is 2.74. The third-order valence-electron chi connectivity index (χ3n) is 2.51. The lowest BCUT2D eigenvalue weighted by Gasteiger charge is -2.01. The molecular formula is C13H14O3. The minimum absolute atomic E-state index is 0.153. The average molecular weight is 218 g/mol. The van der Waals surface area contributed by atoms with Crippen LogP contribution in [0, 0.1) is 0 Å². The Hall–Kier alpha value is -1.61. The molecule has 1 aliphatic rings. The van der Waals surface area contributed by atoms with E-state index in [-0.39, 0.29) is 5.78 Å². The smallest absolute Gasteiger partial charge is 0.171 e. The van der Waals surface area contributed by atoms with Crippen molar-refractivity contribution >= 4 is 5.78 Å². The monoisotopic (exact) mass is 218 g/mol. The number of hydrogen-bond acceptors (Lipinski definition) is 3. The maximum atomic E-state index is 11.3. The standard InChI is InChI=1S/C13H14O3/c1-2-3-12(14)7-5-10-4-6-11-9-15-16-13(11)8-10/h2-4,6,8H,5,7,9H2,1H3/b3-2+. The zero-order valence-electron chi connectivity index (χ0n) is 9.23. The quantitative estimate of drug-likeness (QED) is 0.575. The number of rotatable bonds is 4. The molecule has 0 N–H and O–H groups in total. The molecule has 1 heterocycles. The van der Waals surface area contributed by atoms with Gasteiger partial charge in [-0.1, -0.05) is 18.2 Å². The van der Waals surface area contributed by atoms with Crippen molar-refractivity contribution in [2.24, 2.45) is 0 Å². The molecule has 0 aliphatic carbocycles. The molecule has 3 nitrogen and oxygen atoms in total. The minimum atomic E-state index is 0.153. The number of aryl methyl sites for hydroxylation is 1. The summed E-state index contributed by atoms with van der Waals surface area (Å²) in [5, 5.41) is 0. The number of benzene rings is 1. The number of carbonyl (C=O) groups is 1. The van der Waals surface area contributed by atoms with Crippen molar-refractivity contribution in [2.45, 2.75) is 26.4 Å². The van der Waals surface area contributed by atoms with Crippen molar-refractivity contribution in [3.8, 4) is 5.75 Å². The maximum Gasteiger partial charge on any atom is 0.171 e. The normalized spacial score (nSPS) is 13.8. The van der Waals surface area contributed by atoms with E-state index in [1.165, 1.54) is 0 Å². The van der Waals surface area contributed by atoms with Crippen LogP contribution in [0.2, 0.25) is 0 Å². The summed E-state index contributed by atoms with van der Waals surface area (Å²) in [7, 11) is 0. The lowest BCUT2D eigenvalue weighted by molar-refractivity contribution is -0.194. The fraction of sp³-hybridized carbons (Fsp3) is 0.308. The molecule has 0 aromatic heterocycles. The fourth-order valence-corrected chi connectivity index (χ4v) is 1.64. The highest BCUT2D eigenvalue weighted by Crippen LogP contribution is 2.27. The first-order valence-corrected chi connectivity index (χ1v) is 5.36. The third-order valence-corrected chi connectivity index (χ3v) is 2.51. The van der Waals surface area contributed by atoms with Crippen molar-refractivity contribution in [1.29, 1.82) is 0 Å². The number of fused-ring (bicyclic) bond motifs is 1. The Balaban J connectivity index is 1.98. The molecule has 84 valence electrons. The Morgan fingerprint density at radius 2 is 2.38 bits per heavy atom. The van der Waals surface area contributed by atoms with Gasteiger partial charge in [0.2, 0.25) is 0 Å². The summed E-state index contributed by atoms with van der Waals surface area (Å²) in [5.41, 5.74) is 2.16. The molecule has 1 aliphatic heterocycles. The van der Waals surface area contributed by atoms with E-state index in [9.17, 15) is 4.79 Å². The van der Waals surface area contributed by atoms with Gasteiger partial charge in [-0.05, 0) is 31.1 Å². The minimum Gasteiger partial charge on any atom is -0.337 e. The van der Waals surface area contributed by atoms with Crippen LogP contribution >= 0.6 is 0 Å². The summed E-state index contributed by atoms with van der Waals surface area (Å²) in [6.07, 6.45) is 4.64. The number of carbonyl (C=O) groups excluding carboxylic acids is 1. The molecule has 0 fully saturated rings. The predicted octanol–water partition coefficient (Wildman–Crippen LogP) is 2.59. The highest BCUT2D eigenvalue weighted by molar-refractivity contribution is 5.89. The first kappa shape index (κ1) is 10.9. The second-order valence-electron chi connectivity index (χ2n) is 3.75. The van der Waals surface area contributed by atoms with Gasteiger partial charge in [-0.2, -0.15) is 4.89 Å². The Kier molecular flexibility index (Phi) is 3.37. The molecule has 3 heteroatoms. The van der Waals surface area contributed by atoms with Crippen LogP contribution < -0.4 is 4.89 Å². The molecule has 0 atom stereocenters. The topological polar surface area (TPSA) is 35.5 Å². The zero-order valence-corrected chi connectivity index (χ0v) is 9.23. The van der Waals surface area contributed by atoms with Gasteiger partial charge in [-0.25, -0.2) is 0 Å². The lowest BCUT2D eigenvalue weighted by atomic mass is 10.0. The van der Waals surface area contributed by atoms with Gasteiger partial charge in [0.05, 0.1) is 0 Å². The molecule has 0 saturated carbocycles. The summed E-state index contributed by atoms with van der Waals surface area (Å²) in [6.45, 7) is 2.35. The van der Waals surface area contributed by atoms with E-state index in [1.54, 1.807) is 12.2 Å². The lowest BCUT2D eigenvalue weighted by Crippen LogP contribution is -1.96. The van der Waals surface area contributed by atoms with Gasteiger partial charge >= 0.3 is 0 Å². The summed E-state index contributed by atoms with van der Waals surface area (Å²) >= 11 is 0. The Labute approximate surface area is 94.6 Å². The van der Waals surface area contributed by atoms with E-state index in [0.717, 1.165) is 23.3 Å². The fourth-order valence-electron chi connectivity index (χ4n) is 1.64. The summed E-state index contributed by atoms with van der Waals surface area (Å²) in [4.78, 5) is 21.2. The number of ketones is 1. The van der Waals surface area contributed by atoms with Gasteiger partial charge in [0.15, 0.2) is 11.5 Å². The van der Waals surface area contributed by atoms with Crippen molar-refractivity contribution in [3.63, 3.8) is 0 Å². The van der Waals surface area contributed by atoms with Crippen LogP contribution in [0.25, 0.3) is 0 Å². The van der Waals surface area contributed by atoms with Crippen LogP contribution in [-0.2, 0) is 22.7 Å². The molecule has 0 saturated heterocycles. The Morgan fingerprint density at radius 3 is 3.19 bits per heavy atom. The summed E-state index contributed by atoms with van der Waals surface area (Å²) in [5.74, 6) is 0.927. The molecule has 0 bridgehead atoms. The third kappa shape index (κ3) is 2.49. The largest absolute Gasteiger partial charge is 0.337 e. The molecule has 0 amide bonds. The van der Waals surface area contributed by atoms with Crippen molar-refractivity contribution in [1.82, 2.24) is 0 Å². The summed E-state index contributed by atoms with van der Waals surface area (Å²) < 4.78 is 0. The van der Waals surface area contributed by atoms with Gasteiger partial charge < -0.3 is 4.89 Å². The first-order chi connectivity index (χ1) is 7.79. The van der Waals surface area contributed by atoms with Crippen LogP contribution in [-0.4, -0.2) is 5.78 Å². The molecule has 1 aromatic rings. The molecule has 0 radical (unpaired) electrons. The van der Waals surface area contributed by atoms with Crippen LogP contribution in [0.4, 0.5) is 0 Å². The number of allylic oxidation sites excluding steroid dienone is 2. The van der Waals surface area contributed by atoms with Crippen LogP contribution in [0.15, 0.2) is 30.4 Å². The van der Waals surface area contributed by atoms with E-state index < -0.39 is 0 Å². The van der Waals surface area contributed by atoms with Crippen molar-refractivity contribution < 1.29 is 14.6 Å². The van der Waals surface area contributed by atoms with E-state index in [1.807, 2.05) is 25.1 Å². The van der Waals surface area contributed by atoms with E-state index in [4.69, 9.17) is 9.78 Å². The molecule has 16 heavy (non-hydrogen) atoms. The van der Waals surface area contributed by atoms with Gasteiger partial charge in [-0.15, -0.1) is 0 Å². The van der Waals surface area contributed by atoms with E-state index >= 15 is 0 Å². The van der Waals surface area contributed by atoms with Gasteiger partial charge in [0.25, 0.3) is 0 Å². The van der Waals surface area contributed by atoms with Crippen LogP contribution in [0.1, 0.15) is 24.5 Å². The zero-order chi connectivity index (χ0) is 11.4. The van der Waals surface area contributed by atoms with Crippen molar-refractivity contribution in [3.05, 3.63) is 41.5 Å². The van der Waals surface area contributed by atoms with Gasteiger partial charge in [0, 0.05) is 12.0 Å². The highest BCUT2D eigenvalue weighted by Gasteiger charge is 2.13. The number of hydrogen-bond donors (Lipinski definition) is 0. The SMILES string of the molecule is C/C=C/C(=O)CCc1ccc2c(c1)OOC2. The Bertz CT molecular complexity index is 421. The molecule has 0 unspecified atom stereocenters. The summed E-state index contributed by atoms with van der Waals surface area (Å²) in [6, 6.07) is 5.93. The van der Waals surface area contributed by atoms with Crippen LogP contribution in [0.3, 0.4) is 0 Å². The molecular weight excluding hydrogens is 204 g/mol. The van der Waals surface area contributed by atoms with Gasteiger partial charge in [-0.3, -0.25) is 4.79 Å². The second-order valence-corrected chi connectivity index (χ2v) is 3.75.